The van der Waals surface area contributed by atoms with Gasteiger partial charge in [-0.05, 0) is 19.4 Å². The summed E-state index contributed by atoms with van der Waals surface area (Å²) in [5.41, 5.74) is 7.65. The number of azide groups is 1. The van der Waals surface area contributed by atoms with Gasteiger partial charge in [0.05, 0.1) is 12.8 Å². The number of hydrogen-bond acceptors (Lipinski definition) is 4. The summed E-state index contributed by atoms with van der Waals surface area (Å²) in [4.78, 5) is 14.4. The molecular weight excluding hydrogens is 210 g/mol. The zero-order chi connectivity index (χ0) is 12.2. The zero-order valence-corrected chi connectivity index (χ0v) is 9.41. The molecule has 0 radical (unpaired) electrons. The number of ether oxygens (including phenoxy) is 1. The minimum absolute atomic E-state index is 0.232. The molecule has 1 rings (SSSR count). The highest BCUT2D eigenvalue weighted by Gasteiger charge is 2.37. The maximum atomic E-state index is 11.7. The van der Waals surface area contributed by atoms with Crippen molar-refractivity contribution in [2.75, 3.05) is 6.61 Å². The number of nitrogens with zero attached hydrogens (tertiary/aromatic N) is 5. The smallest absolute Gasteiger partial charge is 0.322 e. The third kappa shape index (κ3) is 2.14. The lowest BCUT2D eigenvalue weighted by atomic mass is 9.96. The molecule has 1 aromatic rings. The highest BCUT2D eigenvalue weighted by molar-refractivity contribution is 5.82. The van der Waals surface area contributed by atoms with Crippen LogP contribution in [-0.4, -0.2) is 22.4 Å². The minimum atomic E-state index is -1.36. The van der Waals surface area contributed by atoms with Crippen LogP contribution < -0.4 is 0 Å². The van der Waals surface area contributed by atoms with E-state index in [0.717, 1.165) is 0 Å². The second kappa shape index (κ2) is 4.67. The van der Waals surface area contributed by atoms with E-state index >= 15 is 0 Å². The van der Waals surface area contributed by atoms with E-state index in [1.165, 1.54) is 17.8 Å². The second-order valence-corrected chi connectivity index (χ2v) is 3.38. The number of hydrogen-bond donors (Lipinski definition) is 0. The molecule has 0 N–H and O–H groups in total. The van der Waals surface area contributed by atoms with Crippen LogP contribution in [0.2, 0.25) is 0 Å². The minimum Gasteiger partial charge on any atom is -0.465 e. The predicted octanol–water partition coefficient (Wildman–Crippen LogP) is 1.51. The van der Waals surface area contributed by atoms with Crippen molar-refractivity contribution in [2.24, 2.45) is 12.2 Å². The molecule has 0 bridgehead atoms. The van der Waals surface area contributed by atoms with Gasteiger partial charge in [0.2, 0.25) is 0 Å². The van der Waals surface area contributed by atoms with E-state index in [4.69, 9.17) is 10.3 Å². The summed E-state index contributed by atoms with van der Waals surface area (Å²) < 4.78 is 6.41. The van der Waals surface area contributed by atoms with Gasteiger partial charge in [-0.2, -0.15) is 5.10 Å². The second-order valence-electron chi connectivity index (χ2n) is 3.38. The van der Waals surface area contributed by atoms with E-state index in [-0.39, 0.29) is 6.61 Å². The molecule has 7 nitrogen and oxygen atoms in total. The van der Waals surface area contributed by atoms with Gasteiger partial charge in [-0.25, -0.2) is 0 Å². The lowest BCUT2D eigenvalue weighted by Crippen LogP contribution is -2.31. The van der Waals surface area contributed by atoms with Crippen molar-refractivity contribution in [1.29, 1.82) is 0 Å². The highest BCUT2D eigenvalue weighted by Crippen LogP contribution is 2.26. The van der Waals surface area contributed by atoms with E-state index < -0.39 is 11.5 Å². The van der Waals surface area contributed by atoms with Crippen LogP contribution in [0.3, 0.4) is 0 Å². The normalized spacial score (nSPS) is 13.7. The third-order valence-electron chi connectivity index (χ3n) is 2.18. The first-order valence-electron chi connectivity index (χ1n) is 4.77. The van der Waals surface area contributed by atoms with Gasteiger partial charge in [0.15, 0.2) is 5.54 Å². The number of rotatable bonds is 4. The van der Waals surface area contributed by atoms with Crippen LogP contribution in [0, 0.1) is 0 Å². The van der Waals surface area contributed by atoms with Gasteiger partial charge < -0.3 is 4.74 Å². The Hall–Kier alpha value is -2.01. The van der Waals surface area contributed by atoms with Crippen LogP contribution in [0.15, 0.2) is 17.5 Å². The molecule has 0 aliphatic rings. The van der Waals surface area contributed by atoms with Crippen molar-refractivity contribution in [2.45, 2.75) is 19.4 Å². The van der Waals surface area contributed by atoms with Gasteiger partial charge in [0, 0.05) is 23.7 Å². The van der Waals surface area contributed by atoms with Crippen molar-refractivity contribution in [3.05, 3.63) is 28.4 Å². The number of carbonyl (C=O) groups is 1. The summed E-state index contributed by atoms with van der Waals surface area (Å²) in [6.45, 7) is 3.43. The SMILES string of the molecule is CCOC(=O)C(C)(N=[N+]=[N-])c1cnn(C)c1. The molecule has 16 heavy (non-hydrogen) atoms. The van der Waals surface area contributed by atoms with Gasteiger partial charge >= 0.3 is 5.97 Å². The Labute approximate surface area is 92.6 Å². The first-order chi connectivity index (χ1) is 7.54. The first kappa shape index (κ1) is 12.1. The Morgan fingerprint density at radius 3 is 2.94 bits per heavy atom. The fraction of sp³-hybridized carbons (Fsp3) is 0.556. The summed E-state index contributed by atoms with van der Waals surface area (Å²) in [6.07, 6.45) is 3.09. The van der Waals surface area contributed by atoms with Gasteiger partial charge in [-0.1, -0.05) is 5.11 Å². The first-order valence-corrected chi connectivity index (χ1v) is 4.77. The maximum Gasteiger partial charge on any atom is 0.322 e. The standard InChI is InChI=1S/C9H13N5O2/c1-4-16-8(15)9(2,12-13-10)7-5-11-14(3)6-7/h5-6H,4H2,1-3H3. The van der Waals surface area contributed by atoms with Gasteiger partial charge in [0.25, 0.3) is 0 Å². The Bertz CT molecular complexity index is 435. The number of aryl methyl sites for hydroxylation is 1. The topological polar surface area (TPSA) is 92.9 Å². The van der Waals surface area contributed by atoms with Crippen LogP contribution in [0.25, 0.3) is 10.4 Å². The van der Waals surface area contributed by atoms with E-state index in [2.05, 4.69) is 15.1 Å². The van der Waals surface area contributed by atoms with Crippen molar-refractivity contribution >= 4 is 5.97 Å². The number of esters is 1. The van der Waals surface area contributed by atoms with E-state index in [0.29, 0.717) is 5.56 Å². The van der Waals surface area contributed by atoms with Crippen LogP contribution in [0.1, 0.15) is 19.4 Å². The van der Waals surface area contributed by atoms with E-state index in [9.17, 15) is 4.79 Å². The molecule has 0 aliphatic heterocycles. The summed E-state index contributed by atoms with van der Waals surface area (Å²) in [7, 11) is 1.71. The Morgan fingerprint density at radius 1 is 1.81 bits per heavy atom. The highest BCUT2D eigenvalue weighted by atomic mass is 16.5. The van der Waals surface area contributed by atoms with Crippen LogP contribution in [0.5, 0.6) is 0 Å². The molecule has 0 fully saturated rings. The van der Waals surface area contributed by atoms with Gasteiger partial charge in [-0.3, -0.25) is 9.48 Å². The molecule has 7 heteroatoms. The van der Waals surface area contributed by atoms with Crippen molar-refractivity contribution in [3.8, 4) is 0 Å². The summed E-state index contributed by atoms with van der Waals surface area (Å²) in [6, 6.07) is 0. The molecule has 1 aromatic heterocycles. The fourth-order valence-electron chi connectivity index (χ4n) is 1.25. The van der Waals surface area contributed by atoms with Crippen LogP contribution in [-0.2, 0) is 22.1 Å². The Balaban J connectivity index is 3.15. The molecule has 0 amide bonds. The Morgan fingerprint density at radius 2 is 2.50 bits per heavy atom. The molecule has 1 heterocycles. The molecule has 0 aromatic carbocycles. The fourth-order valence-corrected chi connectivity index (χ4v) is 1.25. The van der Waals surface area contributed by atoms with Crippen LogP contribution in [0.4, 0.5) is 0 Å². The average Bonchev–Trinajstić information content (AvgIpc) is 2.66. The molecule has 86 valence electrons. The van der Waals surface area contributed by atoms with Crippen molar-refractivity contribution in [3.63, 3.8) is 0 Å². The molecule has 0 spiro atoms. The molecule has 0 saturated carbocycles. The van der Waals surface area contributed by atoms with Crippen molar-refractivity contribution in [1.82, 2.24) is 9.78 Å². The molecule has 0 aliphatic carbocycles. The summed E-state index contributed by atoms with van der Waals surface area (Å²) in [5.74, 6) is -0.583. The number of aromatic nitrogens is 2. The quantitative estimate of drug-likeness (QED) is 0.335. The lowest BCUT2D eigenvalue weighted by Gasteiger charge is -2.19. The largest absolute Gasteiger partial charge is 0.465 e. The maximum absolute atomic E-state index is 11.7. The molecule has 0 saturated heterocycles. The number of carbonyl (C=O) groups excluding carboxylic acids is 1. The molecule has 1 unspecified atom stereocenters. The molecule has 1 atom stereocenters. The predicted molar refractivity (Wildman–Crippen MR) is 56.3 cm³/mol. The summed E-state index contributed by atoms with van der Waals surface area (Å²) in [5, 5.41) is 7.44. The van der Waals surface area contributed by atoms with E-state index in [1.807, 2.05) is 0 Å². The zero-order valence-electron chi connectivity index (χ0n) is 9.41. The van der Waals surface area contributed by atoms with Gasteiger partial charge in [-0.15, -0.1) is 0 Å². The summed E-state index contributed by atoms with van der Waals surface area (Å²) >= 11 is 0. The average molecular weight is 223 g/mol. The molecular formula is C9H13N5O2. The van der Waals surface area contributed by atoms with Crippen molar-refractivity contribution < 1.29 is 9.53 Å². The third-order valence-corrected chi connectivity index (χ3v) is 2.18. The van der Waals surface area contributed by atoms with Gasteiger partial charge in [0.1, 0.15) is 0 Å². The van der Waals surface area contributed by atoms with E-state index in [1.54, 1.807) is 20.2 Å². The Kier molecular flexibility index (Phi) is 3.52. The van der Waals surface area contributed by atoms with Crippen LogP contribution >= 0.6 is 0 Å². The lowest BCUT2D eigenvalue weighted by molar-refractivity contribution is -0.149. The monoisotopic (exact) mass is 223 g/mol.